The van der Waals surface area contributed by atoms with E-state index in [0.29, 0.717) is 34.1 Å². The summed E-state index contributed by atoms with van der Waals surface area (Å²) in [5, 5.41) is 13.4. The van der Waals surface area contributed by atoms with E-state index >= 15 is 0 Å². The molecular weight excluding hydrogens is 322 g/mol. The Morgan fingerprint density at radius 3 is 2.16 bits per heavy atom. The fraction of sp³-hybridized carbons (Fsp3) is 0.278. The van der Waals surface area contributed by atoms with Gasteiger partial charge in [-0.05, 0) is 25.5 Å². The van der Waals surface area contributed by atoms with Gasteiger partial charge < -0.3 is 14.2 Å². The third-order valence-electron chi connectivity index (χ3n) is 3.73. The first-order valence-corrected chi connectivity index (χ1v) is 7.44. The maximum absolute atomic E-state index is 12.4. The summed E-state index contributed by atoms with van der Waals surface area (Å²) in [6.07, 6.45) is 1.46. The van der Waals surface area contributed by atoms with E-state index in [1.807, 2.05) is 6.07 Å². The van der Waals surface area contributed by atoms with Crippen molar-refractivity contribution in [2.75, 3.05) is 21.3 Å². The normalized spacial score (nSPS) is 10.6. The van der Waals surface area contributed by atoms with Gasteiger partial charge in [-0.3, -0.25) is 4.79 Å². The van der Waals surface area contributed by atoms with Crippen molar-refractivity contribution in [1.29, 1.82) is 5.26 Å². The third kappa shape index (κ3) is 3.48. The Morgan fingerprint density at radius 2 is 1.68 bits per heavy atom. The van der Waals surface area contributed by atoms with Crippen LogP contribution in [0, 0.1) is 25.2 Å². The summed E-state index contributed by atoms with van der Waals surface area (Å²) in [4.78, 5) is 12.4. The second-order valence-electron chi connectivity index (χ2n) is 5.26. The van der Waals surface area contributed by atoms with E-state index in [9.17, 15) is 4.79 Å². The highest BCUT2D eigenvalue weighted by Crippen LogP contribution is 2.32. The molecule has 0 bridgehead atoms. The second-order valence-corrected chi connectivity index (χ2v) is 5.26. The van der Waals surface area contributed by atoms with Crippen LogP contribution in [-0.2, 0) is 0 Å². The van der Waals surface area contributed by atoms with Crippen LogP contribution in [0.4, 0.5) is 0 Å². The summed E-state index contributed by atoms with van der Waals surface area (Å²) in [5.41, 5.74) is 1.38. The molecule has 0 amide bonds. The van der Waals surface area contributed by atoms with Crippen molar-refractivity contribution in [3.63, 3.8) is 0 Å². The third-order valence-corrected chi connectivity index (χ3v) is 3.73. The Hall–Kier alpha value is -3.27. The molecule has 1 aromatic carbocycles. The lowest BCUT2D eigenvalue weighted by Crippen LogP contribution is -2.22. The van der Waals surface area contributed by atoms with Crippen molar-refractivity contribution in [3.05, 3.63) is 50.9 Å². The molecule has 7 nitrogen and oxygen atoms in total. The van der Waals surface area contributed by atoms with Crippen LogP contribution in [0.3, 0.4) is 0 Å². The number of ether oxygens (including phenoxy) is 3. The summed E-state index contributed by atoms with van der Waals surface area (Å²) >= 11 is 0. The molecule has 0 N–H and O–H groups in total. The van der Waals surface area contributed by atoms with Crippen molar-refractivity contribution in [2.45, 2.75) is 13.8 Å². The largest absolute Gasteiger partial charge is 0.496 e. The zero-order valence-electron chi connectivity index (χ0n) is 14.8. The molecule has 0 aliphatic heterocycles. The maximum Gasteiger partial charge on any atom is 0.289 e. The first kappa shape index (κ1) is 18.1. The monoisotopic (exact) mass is 341 g/mol. The molecule has 0 spiro atoms. The maximum atomic E-state index is 12.4. The molecule has 0 radical (unpaired) electrons. The van der Waals surface area contributed by atoms with Gasteiger partial charge >= 0.3 is 0 Å². The second kappa shape index (κ2) is 7.53. The van der Waals surface area contributed by atoms with E-state index in [4.69, 9.17) is 19.5 Å². The van der Waals surface area contributed by atoms with Crippen LogP contribution in [-0.4, -0.2) is 32.2 Å². The zero-order valence-corrected chi connectivity index (χ0v) is 14.8. The van der Waals surface area contributed by atoms with Crippen LogP contribution in [0.25, 0.3) is 0 Å². The van der Waals surface area contributed by atoms with E-state index in [2.05, 4.69) is 5.10 Å². The number of benzene rings is 1. The molecule has 7 heteroatoms. The molecule has 0 aliphatic rings. The highest BCUT2D eigenvalue weighted by Gasteiger charge is 2.13. The smallest absolute Gasteiger partial charge is 0.289 e. The van der Waals surface area contributed by atoms with E-state index in [1.54, 1.807) is 39.2 Å². The van der Waals surface area contributed by atoms with E-state index in [1.165, 1.54) is 25.1 Å². The highest BCUT2D eigenvalue weighted by molar-refractivity contribution is 5.88. The number of pyridine rings is 1. The lowest BCUT2D eigenvalue weighted by molar-refractivity contribution is 0.374. The molecule has 0 unspecified atom stereocenters. The van der Waals surface area contributed by atoms with Gasteiger partial charge in [0.25, 0.3) is 5.56 Å². The number of aromatic nitrogens is 1. The van der Waals surface area contributed by atoms with Gasteiger partial charge in [-0.1, -0.05) is 0 Å². The van der Waals surface area contributed by atoms with Crippen molar-refractivity contribution in [3.8, 4) is 23.3 Å². The number of aryl methyl sites for hydroxylation is 2. The lowest BCUT2D eigenvalue weighted by Gasteiger charge is -2.12. The fourth-order valence-electron chi connectivity index (χ4n) is 2.44. The minimum atomic E-state index is -0.470. The minimum Gasteiger partial charge on any atom is -0.496 e. The van der Waals surface area contributed by atoms with E-state index < -0.39 is 5.56 Å². The van der Waals surface area contributed by atoms with Gasteiger partial charge in [0.15, 0.2) is 0 Å². The Balaban J connectivity index is 2.62. The predicted octanol–water partition coefficient (Wildman–Crippen LogP) is 2.24. The number of nitriles is 1. The molecule has 0 atom stereocenters. The summed E-state index contributed by atoms with van der Waals surface area (Å²) < 4.78 is 17.1. The van der Waals surface area contributed by atoms with Crippen LogP contribution in [0.2, 0.25) is 0 Å². The van der Waals surface area contributed by atoms with Crippen molar-refractivity contribution >= 4 is 6.21 Å². The number of hydrogen-bond acceptors (Lipinski definition) is 6. The molecule has 2 rings (SSSR count). The van der Waals surface area contributed by atoms with Crippen LogP contribution >= 0.6 is 0 Å². The average molecular weight is 341 g/mol. The van der Waals surface area contributed by atoms with Crippen LogP contribution in [0.1, 0.15) is 22.4 Å². The van der Waals surface area contributed by atoms with Crippen LogP contribution in [0.5, 0.6) is 17.2 Å². The van der Waals surface area contributed by atoms with Crippen LogP contribution < -0.4 is 19.8 Å². The molecular formula is C18H19N3O4. The average Bonchev–Trinajstić information content (AvgIpc) is 2.61. The standard InChI is InChI=1S/C18H19N3O4/c1-11-6-12(2)21(18(22)14(11)9-19)20-10-15-16(24-4)7-13(23-3)8-17(15)25-5/h6-8,10H,1-5H3/b20-10+. The molecule has 2 aromatic rings. The lowest BCUT2D eigenvalue weighted by atomic mass is 10.1. The first-order valence-electron chi connectivity index (χ1n) is 7.44. The van der Waals surface area contributed by atoms with Crippen molar-refractivity contribution < 1.29 is 14.2 Å². The van der Waals surface area contributed by atoms with Gasteiger partial charge in [0.1, 0.15) is 28.9 Å². The number of methoxy groups -OCH3 is 3. The molecule has 1 aromatic heterocycles. The molecule has 130 valence electrons. The zero-order chi connectivity index (χ0) is 18.6. The van der Waals surface area contributed by atoms with Crippen molar-refractivity contribution in [2.24, 2.45) is 5.10 Å². The van der Waals surface area contributed by atoms with Crippen LogP contribution in [0.15, 0.2) is 28.1 Å². The fourth-order valence-corrected chi connectivity index (χ4v) is 2.44. The topological polar surface area (TPSA) is 85.8 Å². The Bertz CT molecular complexity index is 898. The number of rotatable bonds is 5. The Labute approximate surface area is 145 Å². The highest BCUT2D eigenvalue weighted by atomic mass is 16.5. The molecule has 0 fully saturated rings. The van der Waals surface area contributed by atoms with Gasteiger partial charge in [-0.25, -0.2) is 4.68 Å². The Morgan fingerprint density at radius 1 is 1.08 bits per heavy atom. The summed E-state index contributed by atoms with van der Waals surface area (Å²) in [7, 11) is 4.58. The van der Waals surface area contributed by atoms with Crippen molar-refractivity contribution in [1.82, 2.24) is 4.68 Å². The molecule has 25 heavy (non-hydrogen) atoms. The Kier molecular flexibility index (Phi) is 5.45. The predicted molar refractivity (Wildman–Crippen MR) is 94.0 cm³/mol. The van der Waals surface area contributed by atoms with E-state index in [0.717, 1.165) is 0 Å². The van der Waals surface area contributed by atoms with Gasteiger partial charge in [-0.2, -0.15) is 10.4 Å². The summed E-state index contributed by atoms with van der Waals surface area (Å²) in [6.45, 7) is 3.46. The molecule has 1 heterocycles. The number of hydrogen-bond donors (Lipinski definition) is 0. The van der Waals surface area contributed by atoms with Gasteiger partial charge in [0.2, 0.25) is 0 Å². The van der Waals surface area contributed by atoms with Gasteiger partial charge in [0, 0.05) is 17.8 Å². The SMILES string of the molecule is COc1cc(OC)c(/C=N/n2c(C)cc(C)c(C#N)c2=O)c(OC)c1. The molecule has 0 aliphatic carbocycles. The van der Waals surface area contributed by atoms with Gasteiger partial charge in [0.05, 0.1) is 33.1 Å². The first-order chi connectivity index (χ1) is 12.0. The molecule has 0 saturated heterocycles. The minimum absolute atomic E-state index is 0.0661. The molecule has 0 saturated carbocycles. The quantitative estimate of drug-likeness (QED) is 0.779. The summed E-state index contributed by atoms with van der Waals surface area (Å²) in [5.74, 6) is 1.54. The van der Waals surface area contributed by atoms with E-state index in [-0.39, 0.29) is 5.56 Å². The summed E-state index contributed by atoms with van der Waals surface area (Å²) in [6, 6.07) is 7.03. The number of nitrogens with zero attached hydrogens (tertiary/aromatic N) is 3. The van der Waals surface area contributed by atoms with Gasteiger partial charge in [-0.15, -0.1) is 0 Å².